The lowest BCUT2D eigenvalue weighted by Gasteiger charge is -2.36. The fourth-order valence-electron chi connectivity index (χ4n) is 5.02. The first kappa shape index (κ1) is 25.9. The molecule has 4 rings (SSSR count). The molecule has 0 radical (unpaired) electrons. The van der Waals surface area contributed by atoms with E-state index in [2.05, 4.69) is 24.1 Å². The van der Waals surface area contributed by atoms with Crippen LogP contribution < -0.4 is 10.1 Å². The van der Waals surface area contributed by atoms with Crippen molar-refractivity contribution in [2.24, 2.45) is 17.8 Å². The topological polar surface area (TPSA) is 80.3 Å². The van der Waals surface area contributed by atoms with Gasteiger partial charge in [-0.25, -0.2) is 0 Å². The number of ether oxygens (including phenoxy) is 3. The number of nitrogens with zero attached hydrogens (tertiary/aromatic N) is 2. The molecule has 0 aromatic heterocycles. The third-order valence-electron chi connectivity index (χ3n) is 7.63. The minimum absolute atomic E-state index is 0.00857. The second-order valence-corrected chi connectivity index (χ2v) is 10.6. The van der Waals surface area contributed by atoms with E-state index < -0.39 is 0 Å². The number of hydrogen-bond acceptors (Lipinski definition) is 6. The summed E-state index contributed by atoms with van der Waals surface area (Å²) in [7, 11) is 3.53. The van der Waals surface area contributed by atoms with E-state index in [0.29, 0.717) is 43.4 Å². The third-order valence-corrected chi connectivity index (χ3v) is 7.63. The molecule has 2 heterocycles. The van der Waals surface area contributed by atoms with E-state index in [9.17, 15) is 9.59 Å². The van der Waals surface area contributed by atoms with Crippen LogP contribution >= 0.6 is 0 Å². The van der Waals surface area contributed by atoms with Crippen molar-refractivity contribution in [3.8, 4) is 5.75 Å². The monoisotopic (exact) mass is 487 g/mol. The van der Waals surface area contributed by atoms with E-state index in [1.807, 2.05) is 7.05 Å². The van der Waals surface area contributed by atoms with Crippen LogP contribution in [0.3, 0.4) is 0 Å². The van der Waals surface area contributed by atoms with Crippen LogP contribution in [0.1, 0.15) is 49.9 Å². The van der Waals surface area contributed by atoms with Crippen LogP contribution in [0.4, 0.5) is 5.69 Å². The second-order valence-electron chi connectivity index (χ2n) is 10.6. The zero-order valence-corrected chi connectivity index (χ0v) is 21.6. The number of likely N-dealkylation sites (N-methyl/N-ethyl adjacent to an activating group) is 1. The summed E-state index contributed by atoms with van der Waals surface area (Å²) >= 11 is 0. The Morgan fingerprint density at radius 1 is 1.14 bits per heavy atom. The van der Waals surface area contributed by atoms with Crippen LogP contribution in [0.15, 0.2) is 18.2 Å². The first-order valence-corrected chi connectivity index (χ1v) is 13.0. The van der Waals surface area contributed by atoms with Crippen LogP contribution in [0, 0.1) is 17.8 Å². The largest absolute Gasteiger partial charge is 0.491 e. The van der Waals surface area contributed by atoms with E-state index in [1.54, 1.807) is 30.2 Å². The molecule has 8 nitrogen and oxygen atoms in total. The molecular formula is C27H41N3O5. The molecule has 1 N–H and O–H groups in total. The van der Waals surface area contributed by atoms with Crippen LogP contribution in [0.2, 0.25) is 0 Å². The number of carbonyl (C=O) groups excluding carboxylic acids is 2. The molecule has 194 valence electrons. The first-order valence-electron chi connectivity index (χ1n) is 13.0. The minimum Gasteiger partial charge on any atom is -0.491 e. The van der Waals surface area contributed by atoms with Crippen molar-refractivity contribution >= 4 is 17.5 Å². The Morgan fingerprint density at radius 3 is 2.57 bits per heavy atom. The van der Waals surface area contributed by atoms with Gasteiger partial charge in [0.2, 0.25) is 5.91 Å². The number of anilines is 1. The highest BCUT2D eigenvalue weighted by atomic mass is 16.5. The smallest absolute Gasteiger partial charge is 0.257 e. The van der Waals surface area contributed by atoms with Gasteiger partial charge in [0.05, 0.1) is 11.7 Å². The lowest BCUT2D eigenvalue weighted by molar-refractivity contribution is -0.122. The van der Waals surface area contributed by atoms with Gasteiger partial charge < -0.3 is 24.4 Å². The molecule has 0 unspecified atom stereocenters. The summed E-state index contributed by atoms with van der Waals surface area (Å²) < 4.78 is 17.5. The molecule has 8 heteroatoms. The maximum absolute atomic E-state index is 13.4. The number of nitrogens with one attached hydrogen (secondary N) is 1. The van der Waals surface area contributed by atoms with E-state index in [4.69, 9.17) is 14.2 Å². The summed E-state index contributed by atoms with van der Waals surface area (Å²) in [5.74, 6) is 1.38. The van der Waals surface area contributed by atoms with Gasteiger partial charge in [0, 0.05) is 70.7 Å². The highest BCUT2D eigenvalue weighted by molar-refractivity contribution is 5.98. The summed E-state index contributed by atoms with van der Waals surface area (Å²) in [6.07, 6.45) is 3.98. The van der Waals surface area contributed by atoms with Gasteiger partial charge in [-0.05, 0) is 56.6 Å². The second kappa shape index (κ2) is 11.7. The third kappa shape index (κ3) is 6.74. The molecule has 2 fully saturated rings. The average molecular weight is 488 g/mol. The lowest BCUT2D eigenvalue weighted by atomic mass is 9.99. The van der Waals surface area contributed by atoms with Crippen LogP contribution in [0.25, 0.3) is 0 Å². The normalized spacial score (nSPS) is 27.4. The van der Waals surface area contributed by atoms with E-state index in [-0.39, 0.29) is 35.8 Å². The molecule has 3 atom stereocenters. The molecule has 1 aromatic carbocycles. The molecule has 3 aliphatic rings. The Labute approximate surface area is 209 Å². The van der Waals surface area contributed by atoms with Gasteiger partial charge in [0.25, 0.3) is 5.91 Å². The van der Waals surface area contributed by atoms with Crippen molar-refractivity contribution in [1.29, 1.82) is 0 Å². The van der Waals surface area contributed by atoms with Crippen LogP contribution in [-0.2, 0) is 14.3 Å². The summed E-state index contributed by atoms with van der Waals surface area (Å²) in [4.78, 5) is 30.4. The molecule has 2 aliphatic heterocycles. The summed E-state index contributed by atoms with van der Waals surface area (Å²) in [6, 6.07) is 5.53. The zero-order valence-electron chi connectivity index (χ0n) is 21.6. The van der Waals surface area contributed by atoms with Gasteiger partial charge >= 0.3 is 0 Å². The van der Waals surface area contributed by atoms with Crippen molar-refractivity contribution in [1.82, 2.24) is 9.80 Å². The van der Waals surface area contributed by atoms with Crippen molar-refractivity contribution in [3.05, 3.63) is 23.8 Å². The SMILES string of the molecule is CO[C@@H]1CN(C)C(=O)c2ccc(NC(=O)C3CCOCC3)cc2OC[C@@H](C)N(CC2CC2)C[C@@H]1C. The fraction of sp³-hybridized carbons (Fsp3) is 0.704. The maximum atomic E-state index is 13.4. The Morgan fingerprint density at radius 2 is 1.89 bits per heavy atom. The van der Waals surface area contributed by atoms with E-state index in [0.717, 1.165) is 31.8 Å². The Balaban J connectivity index is 1.57. The predicted molar refractivity (Wildman–Crippen MR) is 135 cm³/mol. The fourth-order valence-corrected chi connectivity index (χ4v) is 5.02. The van der Waals surface area contributed by atoms with E-state index >= 15 is 0 Å². The van der Waals surface area contributed by atoms with Gasteiger partial charge in [-0.2, -0.15) is 0 Å². The number of fused-ring (bicyclic) bond motifs is 1. The summed E-state index contributed by atoms with van der Waals surface area (Å²) in [6.45, 7) is 8.55. The van der Waals surface area contributed by atoms with Crippen LogP contribution in [0.5, 0.6) is 5.75 Å². The van der Waals surface area contributed by atoms with Gasteiger partial charge in [-0.1, -0.05) is 6.92 Å². The maximum Gasteiger partial charge on any atom is 0.257 e. The molecule has 1 aromatic rings. The Hall–Kier alpha value is -2.16. The molecule has 1 saturated carbocycles. The zero-order chi connectivity index (χ0) is 24.9. The number of methoxy groups -OCH3 is 1. The molecule has 2 amide bonds. The quantitative estimate of drug-likeness (QED) is 0.687. The standard InChI is InChI=1S/C27H41N3O5/c1-18-14-30(15-20-5-6-20)19(2)17-35-24-13-22(28-26(31)21-9-11-34-12-10-21)7-8-23(24)27(32)29(3)16-25(18)33-4/h7-8,13,18-21,25H,5-6,9-12,14-17H2,1-4H3,(H,28,31)/t18-,19+,25+/m0/s1. The molecule has 35 heavy (non-hydrogen) atoms. The van der Waals surface area contributed by atoms with Gasteiger partial charge in [0.15, 0.2) is 0 Å². The first-order chi connectivity index (χ1) is 16.9. The number of benzene rings is 1. The molecule has 0 spiro atoms. The van der Waals surface area contributed by atoms with Crippen molar-refractivity contribution in [3.63, 3.8) is 0 Å². The Kier molecular flexibility index (Phi) is 8.68. The molecule has 1 saturated heterocycles. The Bertz CT molecular complexity index is 884. The van der Waals surface area contributed by atoms with Crippen molar-refractivity contribution in [2.45, 2.75) is 51.7 Å². The van der Waals surface area contributed by atoms with Crippen molar-refractivity contribution < 1.29 is 23.8 Å². The minimum atomic E-state index is -0.111. The molecular weight excluding hydrogens is 446 g/mol. The van der Waals surface area contributed by atoms with Crippen molar-refractivity contribution in [2.75, 3.05) is 58.9 Å². The average Bonchev–Trinajstić information content (AvgIpc) is 3.69. The highest BCUT2D eigenvalue weighted by Crippen LogP contribution is 2.32. The summed E-state index contributed by atoms with van der Waals surface area (Å²) in [5.41, 5.74) is 1.15. The van der Waals surface area contributed by atoms with Gasteiger partial charge in [-0.3, -0.25) is 14.5 Å². The number of carbonyl (C=O) groups is 2. The summed E-state index contributed by atoms with van der Waals surface area (Å²) in [5, 5.41) is 3.02. The lowest BCUT2D eigenvalue weighted by Crippen LogP contribution is -2.47. The molecule has 1 aliphatic carbocycles. The number of hydrogen-bond donors (Lipinski definition) is 1. The number of amides is 2. The predicted octanol–water partition coefficient (Wildman–Crippen LogP) is 3.27. The van der Waals surface area contributed by atoms with E-state index in [1.165, 1.54) is 12.8 Å². The molecule has 0 bridgehead atoms. The van der Waals surface area contributed by atoms with Crippen LogP contribution in [-0.4, -0.2) is 87.4 Å². The van der Waals surface area contributed by atoms with Gasteiger partial charge in [-0.15, -0.1) is 0 Å². The number of rotatable bonds is 5. The highest BCUT2D eigenvalue weighted by Gasteiger charge is 2.32. The van der Waals surface area contributed by atoms with Gasteiger partial charge in [0.1, 0.15) is 12.4 Å².